The maximum absolute atomic E-state index is 13.4. The first-order chi connectivity index (χ1) is 20.3. The lowest BCUT2D eigenvalue weighted by molar-refractivity contribution is -0.203. The topological polar surface area (TPSA) is 115 Å². The van der Waals surface area contributed by atoms with Crippen LogP contribution in [-0.2, 0) is 21.5 Å². The third-order valence-corrected chi connectivity index (χ3v) is 13.9. The van der Waals surface area contributed by atoms with Gasteiger partial charge in [-0.3, -0.25) is 9.35 Å². The van der Waals surface area contributed by atoms with E-state index >= 15 is 0 Å². The average molecular weight is 618 g/mol. The Morgan fingerprint density at radius 1 is 1.00 bits per heavy atom. The number of fused-ring (bicyclic) bond motifs is 5. The fourth-order valence-electron chi connectivity index (χ4n) is 11.0. The molecule has 0 saturated heterocycles. The summed E-state index contributed by atoms with van der Waals surface area (Å²) in [6.45, 7) is 9.73. The molecule has 43 heavy (non-hydrogen) atoms. The fourth-order valence-corrected chi connectivity index (χ4v) is 11.4. The van der Waals surface area contributed by atoms with E-state index in [1.165, 1.54) is 0 Å². The first-order valence-electron chi connectivity index (χ1n) is 16.9. The summed E-state index contributed by atoms with van der Waals surface area (Å²) in [7, 11) is -4.17. The van der Waals surface area contributed by atoms with Crippen LogP contribution in [0.25, 0.3) is 0 Å². The van der Waals surface area contributed by atoms with E-state index in [2.05, 4.69) is 27.7 Å². The van der Waals surface area contributed by atoms with E-state index in [1.54, 1.807) is 4.90 Å². The molecule has 11 atom stereocenters. The summed E-state index contributed by atoms with van der Waals surface area (Å²) < 4.78 is 32.3. The molecule has 242 valence electrons. The van der Waals surface area contributed by atoms with Crippen molar-refractivity contribution in [2.45, 2.75) is 111 Å². The van der Waals surface area contributed by atoms with Gasteiger partial charge >= 0.3 is 0 Å². The smallest absolute Gasteiger partial charge is 0.266 e. The highest BCUT2D eigenvalue weighted by Gasteiger charge is 2.64. The molecule has 4 aliphatic carbocycles. The second kappa shape index (κ2) is 12.7. The zero-order valence-corrected chi connectivity index (χ0v) is 27.5. The number of benzene rings is 1. The quantitative estimate of drug-likeness (QED) is 0.280. The minimum Gasteiger partial charge on any atom is -0.393 e. The van der Waals surface area contributed by atoms with Crippen molar-refractivity contribution in [2.75, 3.05) is 12.3 Å². The van der Waals surface area contributed by atoms with Gasteiger partial charge in [-0.25, -0.2) is 0 Å². The molecule has 11 unspecified atom stereocenters. The number of carbonyl (C=O) groups excluding carboxylic acids is 1. The van der Waals surface area contributed by atoms with Gasteiger partial charge in [0.05, 0.1) is 18.0 Å². The minimum absolute atomic E-state index is 0.0273. The predicted octanol–water partition coefficient (Wildman–Crippen LogP) is 5.95. The summed E-state index contributed by atoms with van der Waals surface area (Å²) in [6.07, 6.45) is 8.83. The Balaban J connectivity index is 1.27. The van der Waals surface area contributed by atoms with Crippen LogP contribution in [-0.4, -0.2) is 58.5 Å². The lowest BCUT2D eigenvalue weighted by atomic mass is 9.41. The number of hydrogen-bond acceptors (Lipinski definition) is 5. The molecular weight excluding hydrogens is 562 g/mol. The van der Waals surface area contributed by atoms with Crippen molar-refractivity contribution in [3.63, 3.8) is 0 Å². The Morgan fingerprint density at radius 3 is 2.35 bits per heavy atom. The highest BCUT2D eigenvalue weighted by atomic mass is 32.2. The van der Waals surface area contributed by atoms with Gasteiger partial charge < -0.3 is 15.1 Å². The van der Waals surface area contributed by atoms with Gasteiger partial charge in [-0.05, 0) is 109 Å². The monoisotopic (exact) mass is 617 g/mol. The molecule has 0 aromatic heterocycles. The largest absolute Gasteiger partial charge is 0.393 e. The molecule has 3 N–H and O–H groups in total. The van der Waals surface area contributed by atoms with Crippen molar-refractivity contribution in [3.8, 4) is 0 Å². The molecular formula is C35H55NO6S. The van der Waals surface area contributed by atoms with Gasteiger partial charge in [0, 0.05) is 19.5 Å². The maximum Gasteiger partial charge on any atom is 0.266 e. The van der Waals surface area contributed by atoms with Crippen molar-refractivity contribution >= 4 is 16.0 Å². The number of amides is 1. The van der Waals surface area contributed by atoms with Crippen LogP contribution in [0.2, 0.25) is 0 Å². The normalized spacial score (nSPS) is 39.8. The van der Waals surface area contributed by atoms with Crippen molar-refractivity contribution in [1.29, 1.82) is 0 Å². The molecule has 4 aliphatic rings. The summed E-state index contributed by atoms with van der Waals surface area (Å²) in [6, 6.07) is 9.56. The highest BCUT2D eigenvalue weighted by Crippen LogP contribution is 2.69. The molecule has 0 bridgehead atoms. The molecule has 0 aliphatic heterocycles. The number of carbonyl (C=O) groups is 1. The highest BCUT2D eigenvalue weighted by molar-refractivity contribution is 7.85. The van der Waals surface area contributed by atoms with Gasteiger partial charge in [-0.15, -0.1) is 0 Å². The first kappa shape index (κ1) is 32.9. The minimum atomic E-state index is -4.17. The second-order valence-electron chi connectivity index (χ2n) is 15.2. The van der Waals surface area contributed by atoms with Crippen LogP contribution in [0.4, 0.5) is 0 Å². The lowest BCUT2D eigenvalue weighted by Gasteiger charge is -2.64. The zero-order valence-electron chi connectivity index (χ0n) is 26.7. The van der Waals surface area contributed by atoms with E-state index in [0.29, 0.717) is 48.5 Å². The maximum atomic E-state index is 13.4. The van der Waals surface area contributed by atoms with Gasteiger partial charge in [-0.1, -0.05) is 64.4 Å². The van der Waals surface area contributed by atoms with E-state index in [-0.39, 0.29) is 41.4 Å². The van der Waals surface area contributed by atoms with Crippen molar-refractivity contribution in [3.05, 3.63) is 35.9 Å². The molecule has 4 fully saturated rings. The summed E-state index contributed by atoms with van der Waals surface area (Å²) in [5.74, 6) is 2.21. The number of nitrogens with zero attached hydrogens (tertiary/aromatic N) is 1. The van der Waals surface area contributed by atoms with Crippen LogP contribution < -0.4 is 0 Å². The number of aliphatic hydroxyl groups is 2. The van der Waals surface area contributed by atoms with E-state index in [4.69, 9.17) is 0 Å². The third kappa shape index (κ3) is 6.45. The third-order valence-electron chi connectivity index (χ3n) is 13.2. The molecule has 0 radical (unpaired) electrons. The van der Waals surface area contributed by atoms with Gasteiger partial charge in [0.25, 0.3) is 10.1 Å². The summed E-state index contributed by atoms with van der Waals surface area (Å²) in [5, 5.41) is 22.5. The molecule has 1 amide bonds. The van der Waals surface area contributed by atoms with Crippen LogP contribution in [0.1, 0.15) is 97.5 Å². The molecule has 1 aromatic carbocycles. The van der Waals surface area contributed by atoms with E-state index in [0.717, 1.165) is 63.4 Å². The second-order valence-corrected chi connectivity index (χ2v) is 16.8. The van der Waals surface area contributed by atoms with Crippen molar-refractivity contribution < 1.29 is 28.0 Å². The summed E-state index contributed by atoms with van der Waals surface area (Å²) in [4.78, 5) is 15.0. The molecule has 0 spiro atoms. The van der Waals surface area contributed by atoms with Crippen LogP contribution in [0.15, 0.2) is 30.3 Å². The van der Waals surface area contributed by atoms with Crippen LogP contribution in [0.3, 0.4) is 0 Å². The van der Waals surface area contributed by atoms with Crippen LogP contribution in [0, 0.1) is 52.3 Å². The molecule has 4 saturated carbocycles. The van der Waals surface area contributed by atoms with Gasteiger partial charge in [0.15, 0.2) is 0 Å². The van der Waals surface area contributed by atoms with Gasteiger partial charge in [0.1, 0.15) is 0 Å². The van der Waals surface area contributed by atoms with Crippen molar-refractivity contribution in [1.82, 2.24) is 4.90 Å². The number of hydrogen-bond donors (Lipinski definition) is 3. The standard InChI is InChI=1S/C35H55NO6S/c1-5-26-30-21-25(37)15-17-35(30,4)29-16-18-34(3)27(12-13-28(34)32(29)33(26)39)23(2)11-14-31(38)36(19-20-43(40,41)42)22-24-9-7-6-8-10-24/h6-10,23,25-30,32-33,37,39H,5,11-22H2,1-4H3,(H,40,41,42). The Hall–Kier alpha value is -1.48. The number of rotatable bonds is 10. The van der Waals surface area contributed by atoms with Gasteiger partial charge in [0.2, 0.25) is 5.91 Å². The Labute approximate surface area is 259 Å². The molecule has 1 aromatic rings. The fraction of sp³-hybridized carbons (Fsp3) is 0.800. The lowest BCUT2D eigenvalue weighted by Crippen LogP contribution is -2.62. The summed E-state index contributed by atoms with van der Waals surface area (Å²) >= 11 is 0. The van der Waals surface area contributed by atoms with Gasteiger partial charge in [-0.2, -0.15) is 8.42 Å². The summed E-state index contributed by atoms with van der Waals surface area (Å²) in [5.41, 5.74) is 1.25. The first-order valence-corrected chi connectivity index (χ1v) is 18.5. The van der Waals surface area contributed by atoms with E-state index < -0.39 is 15.9 Å². The molecule has 8 heteroatoms. The average Bonchev–Trinajstić information content (AvgIpc) is 3.32. The van der Waals surface area contributed by atoms with Crippen molar-refractivity contribution in [2.24, 2.45) is 52.3 Å². The molecule has 7 nitrogen and oxygen atoms in total. The Bertz CT molecular complexity index is 1220. The predicted molar refractivity (Wildman–Crippen MR) is 168 cm³/mol. The SMILES string of the molecule is CCC1C(O)C2C3CCC(C(C)CCC(=O)N(CCS(=O)(=O)O)Cc4ccccc4)C3(C)CCC2C2(C)CCC(O)CC12. The van der Waals surface area contributed by atoms with Crippen LogP contribution in [0.5, 0.6) is 0 Å². The van der Waals surface area contributed by atoms with E-state index in [9.17, 15) is 28.0 Å². The molecule has 0 heterocycles. The molecule has 5 rings (SSSR count). The Morgan fingerprint density at radius 2 is 1.67 bits per heavy atom. The number of aliphatic hydroxyl groups excluding tert-OH is 2. The Kier molecular flexibility index (Phi) is 9.74. The zero-order chi connectivity index (χ0) is 31.2. The van der Waals surface area contributed by atoms with Crippen LogP contribution >= 0.6 is 0 Å². The van der Waals surface area contributed by atoms with E-state index in [1.807, 2.05) is 30.3 Å².